The number of benzene rings is 2. The Morgan fingerprint density at radius 1 is 1.04 bits per heavy atom. The van der Waals surface area contributed by atoms with E-state index in [9.17, 15) is 0 Å². The van der Waals surface area contributed by atoms with Crippen molar-refractivity contribution in [1.82, 2.24) is 9.97 Å². The zero-order valence-electron chi connectivity index (χ0n) is 14.5. The van der Waals surface area contributed by atoms with Gasteiger partial charge in [0.05, 0.1) is 5.39 Å². The third kappa shape index (κ3) is 3.37. The van der Waals surface area contributed by atoms with Crippen LogP contribution in [-0.4, -0.2) is 9.97 Å². The van der Waals surface area contributed by atoms with Gasteiger partial charge in [0.2, 0.25) is 0 Å². The first-order chi connectivity index (χ1) is 12.6. The molecule has 2 nitrogen and oxygen atoms in total. The molecule has 2 heterocycles. The van der Waals surface area contributed by atoms with Gasteiger partial charge in [0, 0.05) is 21.7 Å². The van der Waals surface area contributed by atoms with Crippen molar-refractivity contribution in [2.75, 3.05) is 0 Å². The average Bonchev–Trinajstić information content (AvgIpc) is 3.08. The normalized spacial score (nSPS) is 11.2. The van der Waals surface area contributed by atoms with Crippen LogP contribution < -0.4 is 0 Å². The Labute approximate surface area is 166 Å². The number of fused-ring (bicyclic) bond motifs is 1. The van der Waals surface area contributed by atoms with Gasteiger partial charge in [-0.25, -0.2) is 9.97 Å². The highest BCUT2D eigenvalue weighted by Gasteiger charge is 2.14. The van der Waals surface area contributed by atoms with Crippen LogP contribution in [0, 0.1) is 13.8 Å². The first-order valence-corrected chi connectivity index (χ1v) is 10.5. The van der Waals surface area contributed by atoms with Crippen LogP contribution in [-0.2, 0) is 5.75 Å². The molecule has 0 aliphatic rings. The predicted octanol–water partition coefficient (Wildman–Crippen LogP) is 6.92. The first-order valence-electron chi connectivity index (χ1n) is 8.29. The summed E-state index contributed by atoms with van der Waals surface area (Å²) in [6.07, 6.45) is 1.65. The lowest BCUT2D eigenvalue weighted by atomic mass is 10.0. The highest BCUT2D eigenvalue weighted by Crippen LogP contribution is 2.39. The quantitative estimate of drug-likeness (QED) is 0.276. The molecule has 4 aromatic rings. The number of nitrogens with zero attached hydrogens (tertiary/aromatic N) is 2. The average molecular weight is 397 g/mol. The fraction of sp³-hybridized carbons (Fsp3) is 0.143. The second-order valence-electron chi connectivity index (χ2n) is 6.19. The minimum absolute atomic E-state index is 0.786. The topological polar surface area (TPSA) is 25.8 Å². The van der Waals surface area contributed by atoms with Crippen LogP contribution in [0.5, 0.6) is 0 Å². The largest absolute Gasteiger partial charge is 0.229 e. The molecule has 0 saturated carbocycles. The van der Waals surface area contributed by atoms with Crippen LogP contribution >= 0.6 is 34.7 Å². The second kappa shape index (κ2) is 7.39. The van der Waals surface area contributed by atoms with Crippen LogP contribution in [0.25, 0.3) is 21.3 Å². The van der Waals surface area contributed by atoms with Crippen molar-refractivity contribution in [3.63, 3.8) is 0 Å². The van der Waals surface area contributed by atoms with Crippen LogP contribution in [0.4, 0.5) is 0 Å². The molecule has 4 rings (SSSR count). The van der Waals surface area contributed by atoms with Gasteiger partial charge >= 0.3 is 0 Å². The van der Waals surface area contributed by atoms with E-state index in [4.69, 9.17) is 11.6 Å². The summed E-state index contributed by atoms with van der Waals surface area (Å²) in [5.41, 5.74) is 6.14. The number of halogens is 1. The molecule has 2 aromatic carbocycles. The molecular formula is C21H17ClN2S2. The predicted molar refractivity (Wildman–Crippen MR) is 113 cm³/mol. The van der Waals surface area contributed by atoms with E-state index < -0.39 is 0 Å². The molecule has 0 unspecified atom stereocenters. The number of thiophene rings is 1. The molecule has 26 heavy (non-hydrogen) atoms. The summed E-state index contributed by atoms with van der Waals surface area (Å²) in [6.45, 7) is 4.29. The molecule has 0 fully saturated rings. The van der Waals surface area contributed by atoms with E-state index in [0.29, 0.717) is 0 Å². The molecule has 0 N–H and O–H groups in total. The minimum Gasteiger partial charge on any atom is -0.229 e. The molecule has 0 spiro atoms. The van der Waals surface area contributed by atoms with E-state index in [-0.39, 0.29) is 0 Å². The molecule has 2 aromatic heterocycles. The number of hydrogen-bond acceptors (Lipinski definition) is 4. The smallest absolute Gasteiger partial charge is 0.128 e. The van der Waals surface area contributed by atoms with Crippen LogP contribution in [0.15, 0.2) is 59.2 Å². The Hall–Kier alpha value is -1.88. The summed E-state index contributed by atoms with van der Waals surface area (Å²) in [4.78, 5) is 10.1. The molecular weight excluding hydrogens is 380 g/mol. The molecule has 0 radical (unpaired) electrons. The van der Waals surface area contributed by atoms with Gasteiger partial charge < -0.3 is 0 Å². The molecule has 0 aliphatic carbocycles. The maximum atomic E-state index is 6.30. The fourth-order valence-electron chi connectivity index (χ4n) is 2.84. The maximum Gasteiger partial charge on any atom is 0.128 e. The highest BCUT2D eigenvalue weighted by atomic mass is 35.5. The number of hydrogen-bond donors (Lipinski definition) is 0. The summed E-state index contributed by atoms with van der Waals surface area (Å²) in [6, 6.07) is 14.6. The SMILES string of the molecule is Cc1ccc(-c2csc3ncnc(SCc4ccccc4Cl)c23)cc1C. The van der Waals surface area contributed by atoms with E-state index in [2.05, 4.69) is 53.5 Å². The molecule has 0 bridgehead atoms. The Kier molecular flexibility index (Phi) is 4.98. The third-order valence-electron chi connectivity index (χ3n) is 4.48. The van der Waals surface area contributed by atoms with E-state index in [0.717, 1.165) is 31.6 Å². The Bertz CT molecular complexity index is 1090. The Morgan fingerprint density at radius 3 is 2.69 bits per heavy atom. The Morgan fingerprint density at radius 2 is 1.88 bits per heavy atom. The first kappa shape index (κ1) is 17.5. The zero-order valence-corrected chi connectivity index (χ0v) is 16.9. The van der Waals surface area contributed by atoms with Crippen molar-refractivity contribution >= 4 is 44.9 Å². The van der Waals surface area contributed by atoms with Crippen molar-refractivity contribution < 1.29 is 0 Å². The van der Waals surface area contributed by atoms with Crippen LogP contribution in [0.2, 0.25) is 5.02 Å². The van der Waals surface area contributed by atoms with Gasteiger partial charge in [-0.3, -0.25) is 0 Å². The number of rotatable bonds is 4. The lowest BCUT2D eigenvalue weighted by Gasteiger charge is -2.08. The van der Waals surface area contributed by atoms with Crippen molar-refractivity contribution in [2.45, 2.75) is 24.6 Å². The van der Waals surface area contributed by atoms with Gasteiger partial charge in [0.15, 0.2) is 0 Å². The highest BCUT2D eigenvalue weighted by molar-refractivity contribution is 7.98. The van der Waals surface area contributed by atoms with E-state index in [1.807, 2.05) is 18.2 Å². The van der Waals surface area contributed by atoms with Gasteiger partial charge in [-0.2, -0.15) is 0 Å². The number of aryl methyl sites for hydroxylation is 2. The third-order valence-corrected chi connectivity index (χ3v) is 6.77. The van der Waals surface area contributed by atoms with Gasteiger partial charge in [0.25, 0.3) is 0 Å². The summed E-state index contributed by atoms with van der Waals surface area (Å²) in [5.74, 6) is 0.786. The van der Waals surface area contributed by atoms with E-state index in [1.165, 1.54) is 22.3 Å². The molecule has 0 amide bonds. The van der Waals surface area contributed by atoms with Crippen LogP contribution in [0.1, 0.15) is 16.7 Å². The summed E-state index contributed by atoms with van der Waals surface area (Å²) < 4.78 is 0. The molecule has 0 saturated heterocycles. The lowest BCUT2D eigenvalue weighted by Crippen LogP contribution is -1.89. The van der Waals surface area contributed by atoms with Gasteiger partial charge in [0.1, 0.15) is 16.2 Å². The van der Waals surface area contributed by atoms with Gasteiger partial charge in [-0.05, 0) is 42.2 Å². The van der Waals surface area contributed by atoms with Gasteiger partial charge in [-0.15, -0.1) is 23.1 Å². The maximum absolute atomic E-state index is 6.30. The fourth-order valence-corrected chi connectivity index (χ4v) is 5.12. The second-order valence-corrected chi connectivity index (χ2v) is 8.42. The molecule has 130 valence electrons. The van der Waals surface area contributed by atoms with Crippen molar-refractivity contribution in [2.24, 2.45) is 0 Å². The molecule has 5 heteroatoms. The Balaban J connectivity index is 1.75. The molecule has 0 atom stereocenters. The summed E-state index contributed by atoms with van der Waals surface area (Å²) in [5, 5.41) is 5.12. The molecule has 0 aliphatic heterocycles. The lowest BCUT2D eigenvalue weighted by molar-refractivity contribution is 1.11. The van der Waals surface area contributed by atoms with Crippen molar-refractivity contribution in [1.29, 1.82) is 0 Å². The number of thioether (sulfide) groups is 1. The summed E-state index contributed by atoms with van der Waals surface area (Å²) >= 11 is 9.68. The van der Waals surface area contributed by atoms with E-state index >= 15 is 0 Å². The number of aromatic nitrogens is 2. The minimum atomic E-state index is 0.786. The monoisotopic (exact) mass is 396 g/mol. The van der Waals surface area contributed by atoms with Crippen molar-refractivity contribution in [3.8, 4) is 11.1 Å². The standard InChI is InChI=1S/C21H17ClN2S2/c1-13-7-8-15(9-14(13)2)17-11-26-21-19(17)20(23-12-24-21)25-10-16-5-3-4-6-18(16)22/h3-9,11-12H,10H2,1-2H3. The van der Waals surface area contributed by atoms with E-state index in [1.54, 1.807) is 29.4 Å². The van der Waals surface area contributed by atoms with Crippen LogP contribution in [0.3, 0.4) is 0 Å². The summed E-state index contributed by atoms with van der Waals surface area (Å²) in [7, 11) is 0. The van der Waals surface area contributed by atoms with Gasteiger partial charge in [-0.1, -0.05) is 48.0 Å². The zero-order chi connectivity index (χ0) is 18.1. The van der Waals surface area contributed by atoms with Crippen molar-refractivity contribution in [3.05, 3.63) is 75.9 Å².